The second-order valence-electron chi connectivity index (χ2n) is 4.06. The lowest BCUT2D eigenvalue weighted by Gasteiger charge is -2.11. The first-order valence-corrected chi connectivity index (χ1v) is 6.14. The average Bonchev–Trinajstić information content (AvgIpc) is 2.38. The molecule has 0 fully saturated rings. The van der Waals surface area contributed by atoms with Crippen LogP contribution < -0.4 is 4.74 Å². The van der Waals surface area contributed by atoms with Gasteiger partial charge in [-0.1, -0.05) is 12.1 Å². The summed E-state index contributed by atoms with van der Waals surface area (Å²) in [6, 6.07) is 5.99. The van der Waals surface area contributed by atoms with Gasteiger partial charge in [0.1, 0.15) is 17.4 Å². The SMILES string of the molecule is Fc1cc(F)c(-c2ccc(OC(F)(F)F)cc2)c(N=C=S)c1. The largest absolute Gasteiger partial charge is 0.573 e. The number of ether oxygens (including phenoxy) is 1. The van der Waals surface area contributed by atoms with Crippen molar-refractivity contribution < 1.29 is 26.7 Å². The van der Waals surface area contributed by atoms with Crippen LogP contribution in [-0.2, 0) is 0 Å². The number of nitrogens with zero attached hydrogens (tertiary/aromatic N) is 1. The maximum Gasteiger partial charge on any atom is 0.573 e. The van der Waals surface area contributed by atoms with E-state index in [1.54, 1.807) is 0 Å². The topological polar surface area (TPSA) is 21.6 Å². The molecule has 0 saturated heterocycles. The van der Waals surface area contributed by atoms with E-state index in [1.165, 1.54) is 12.1 Å². The van der Waals surface area contributed by atoms with Crippen LogP contribution in [0.1, 0.15) is 0 Å². The minimum absolute atomic E-state index is 0.0997. The maximum atomic E-state index is 13.9. The standard InChI is InChI=1S/C14H6F5NOS/c15-9-5-11(16)13(12(6-9)20-7-22)8-1-3-10(4-2-8)21-14(17,18)19/h1-6H. The molecule has 2 rings (SSSR count). The van der Waals surface area contributed by atoms with Crippen molar-refractivity contribution in [3.05, 3.63) is 48.0 Å². The van der Waals surface area contributed by atoms with Gasteiger partial charge < -0.3 is 4.74 Å². The summed E-state index contributed by atoms with van der Waals surface area (Å²) in [5.74, 6) is -2.24. The maximum absolute atomic E-state index is 13.9. The molecule has 0 heterocycles. The molecule has 0 saturated carbocycles. The second kappa shape index (κ2) is 6.21. The van der Waals surface area contributed by atoms with E-state index < -0.39 is 23.7 Å². The van der Waals surface area contributed by atoms with Crippen molar-refractivity contribution in [1.29, 1.82) is 0 Å². The first-order chi connectivity index (χ1) is 10.3. The van der Waals surface area contributed by atoms with Gasteiger partial charge in [0.15, 0.2) is 0 Å². The minimum Gasteiger partial charge on any atom is -0.406 e. The zero-order chi connectivity index (χ0) is 16.3. The highest BCUT2D eigenvalue weighted by Gasteiger charge is 2.31. The number of aliphatic imine (C=N–C) groups is 1. The van der Waals surface area contributed by atoms with Gasteiger partial charge in [-0.15, -0.1) is 13.2 Å². The Morgan fingerprint density at radius 3 is 2.23 bits per heavy atom. The van der Waals surface area contributed by atoms with Crippen LogP contribution in [0.25, 0.3) is 11.1 Å². The molecule has 0 unspecified atom stereocenters. The van der Waals surface area contributed by atoms with Gasteiger partial charge in [-0.2, -0.15) is 4.99 Å². The second-order valence-corrected chi connectivity index (χ2v) is 4.24. The molecule has 2 aromatic carbocycles. The molecule has 22 heavy (non-hydrogen) atoms. The van der Waals surface area contributed by atoms with Crippen molar-refractivity contribution >= 4 is 23.1 Å². The Kier molecular flexibility index (Phi) is 4.54. The van der Waals surface area contributed by atoms with Crippen molar-refractivity contribution in [2.75, 3.05) is 0 Å². The fourth-order valence-corrected chi connectivity index (χ4v) is 1.90. The molecule has 0 aromatic heterocycles. The fourth-order valence-electron chi connectivity index (χ4n) is 1.81. The van der Waals surface area contributed by atoms with Crippen LogP contribution in [0.15, 0.2) is 41.4 Å². The molecule has 0 spiro atoms. The molecule has 0 N–H and O–H groups in total. The highest BCUT2D eigenvalue weighted by atomic mass is 32.1. The first-order valence-electron chi connectivity index (χ1n) is 5.73. The lowest BCUT2D eigenvalue weighted by Crippen LogP contribution is -2.16. The number of hydrogen-bond acceptors (Lipinski definition) is 3. The van der Waals surface area contributed by atoms with Crippen LogP contribution in [0.5, 0.6) is 5.75 Å². The van der Waals surface area contributed by atoms with E-state index >= 15 is 0 Å². The molecule has 2 nitrogen and oxygen atoms in total. The molecule has 0 bridgehead atoms. The lowest BCUT2D eigenvalue weighted by atomic mass is 10.0. The van der Waals surface area contributed by atoms with Crippen LogP contribution in [0, 0.1) is 11.6 Å². The lowest BCUT2D eigenvalue weighted by molar-refractivity contribution is -0.274. The quantitative estimate of drug-likeness (QED) is 0.434. The molecular weight excluding hydrogens is 325 g/mol. The summed E-state index contributed by atoms with van der Waals surface area (Å²) in [5.41, 5.74) is -0.0228. The number of benzene rings is 2. The number of rotatable bonds is 3. The van der Waals surface area contributed by atoms with Crippen LogP contribution in [-0.4, -0.2) is 11.5 Å². The van der Waals surface area contributed by atoms with Crippen LogP contribution in [0.4, 0.5) is 27.6 Å². The normalized spacial score (nSPS) is 11.0. The summed E-state index contributed by atoms with van der Waals surface area (Å²) in [6.07, 6.45) is -4.82. The molecule has 8 heteroatoms. The van der Waals surface area contributed by atoms with E-state index in [2.05, 4.69) is 21.9 Å². The Hall–Kier alpha value is -2.31. The first kappa shape index (κ1) is 16.1. The Morgan fingerprint density at radius 2 is 1.68 bits per heavy atom. The fraction of sp³-hybridized carbons (Fsp3) is 0.0714. The summed E-state index contributed by atoms with van der Waals surface area (Å²) in [5, 5.41) is 1.99. The van der Waals surface area contributed by atoms with Gasteiger partial charge in [0.25, 0.3) is 0 Å². The Labute approximate surface area is 126 Å². The number of isothiocyanates is 1. The summed E-state index contributed by atoms with van der Waals surface area (Å²) in [4.78, 5) is 3.56. The average molecular weight is 331 g/mol. The Bertz CT molecular complexity index is 736. The van der Waals surface area contributed by atoms with Gasteiger partial charge in [-0.05, 0) is 29.9 Å². The molecule has 0 aliphatic heterocycles. The van der Waals surface area contributed by atoms with Gasteiger partial charge in [0.2, 0.25) is 0 Å². The number of hydrogen-bond donors (Lipinski definition) is 0. The van der Waals surface area contributed by atoms with E-state index in [0.717, 1.165) is 18.2 Å². The van der Waals surface area contributed by atoms with E-state index in [4.69, 9.17) is 0 Å². The highest BCUT2D eigenvalue weighted by molar-refractivity contribution is 7.78. The molecule has 114 valence electrons. The third-order valence-corrected chi connectivity index (χ3v) is 2.67. The zero-order valence-corrected chi connectivity index (χ0v) is 11.4. The van der Waals surface area contributed by atoms with Gasteiger partial charge >= 0.3 is 6.36 Å². The van der Waals surface area contributed by atoms with E-state index in [0.29, 0.717) is 6.07 Å². The number of alkyl halides is 3. The summed E-state index contributed by atoms with van der Waals surface area (Å²) >= 11 is 4.40. The Balaban J connectivity index is 2.46. The van der Waals surface area contributed by atoms with Gasteiger partial charge in [0.05, 0.1) is 10.8 Å². The molecule has 0 aliphatic carbocycles. The van der Waals surface area contributed by atoms with Crippen molar-refractivity contribution in [1.82, 2.24) is 0 Å². The molecule has 0 aliphatic rings. The van der Waals surface area contributed by atoms with Crippen molar-refractivity contribution in [2.45, 2.75) is 6.36 Å². The highest BCUT2D eigenvalue weighted by Crippen LogP contribution is 2.35. The monoisotopic (exact) mass is 331 g/mol. The van der Waals surface area contributed by atoms with Crippen molar-refractivity contribution in [3.63, 3.8) is 0 Å². The molecule has 0 radical (unpaired) electrons. The van der Waals surface area contributed by atoms with E-state index in [-0.39, 0.29) is 16.8 Å². The third kappa shape index (κ3) is 3.87. The predicted molar refractivity (Wildman–Crippen MR) is 73.2 cm³/mol. The van der Waals surface area contributed by atoms with Gasteiger partial charge in [-0.25, -0.2) is 8.78 Å². The predicted octanol–water partition coefficient (Wildman–Crippen LogP) is 5.26. The van der Waals surface area contributed by atoms with Gasteiger partial charge in [-0.3, -0.25) is 0 Å². The number of halogens is 5. The Morgan fingerprint density at radius 1 is 1.05 bits per heavy atom. The van der Waals surface area contributed by atoms with Crippen LogP contribution >= 0.6 is 12.2 Å². The molecule has 0 amide bonds. The molecular formula is C14H6F5NOS. The van der Waals surface area contributed by atoms with E-state index in [1.807, 2.05) is 5.16 Å². The summed E-state index contributed by atoms with van der Waals surface area (Å²) < 4.78 is 67.1. The minimum atomic E-state index is -4.82. The van der Waals surface area contributed by atoms with Gasteiger partial charge in [0, 0.05) is 17.7 Å². The molecule has 2 aromatic rings. The summed E-state index contributed by atoms with van der Waals surface area (Å²) in [6.45, 7) is 0. The van der Waals surface area contributed by atoms with E-state index in [9.17, 15) is 22.0 Å². The molecule has 0 atom stereocenters. The van der Waals surface area contributed by atoms with Crippen LogP contribution in [0.3, 0.4) is 0 Å². The van der Waals surface area contributed by atoms with Crippen molar-refractivity contribution in [3.8, 4) is 16.9 Å². The van der Waals surface area contributed by atoms with Crippen molar-refractivity contribution in [2.24, 2.45) is 4.99 Å². The van der Waals surface area contributed by atoms with Crippen LogP contribution in [0.2, 0.25) is 0 Å². The summed E-state index contributed by atoms with van der Waals surface area (Å²) in [7, 11) is 0. The smallest absolute Gasteiger partial charge is 0.406 e. The third-order valence-electron chi connectivity index (χ3n) is 2.58. The zero-order valence-electron chi connectivity index (χ0n) is 10.6. The number of thiocarbonyl (C=S) groups is 1.